The Balaban J connectivity index is 1.45. The van der Waals surface area contributed by atoms with Gasteiger partial charge in [0.1, 0.15) is 17.3 Å². The van der Waals surface area contributed by atoms with Gasteiger partial charge in [-0.15, -0.1) is 0 Å². The summed E-state index contributed by atoms with van der Waals surface area (Å²) in [6, 6.07) is 13.3. The van der Waals surface area contributed by atoms with E-state index < -0.39 is 11.7 Å². The summed E-state index contributed by atoms with van der Waals surface area (Å²) < 4.78 is 20.5. The van der Waals surface area contributed by atoms with Crippen molar-refractivity contribution in [3.05, 3.63) is 71.2 Å². The number of carbonyl (C=O) groups is 2. The first-order valence-corrected chi connectivity index (χ1v) is 10.3. The molecule has 8 nitrogen and oxygen atoms in total. The van der Waals surface area contributed by atoms with Crippen molar-refractivity contribution >= 4 is 11.9 Å². The van der Waals surface area contributed by atoms with Crippen LogP contribution in [0.4, 0.5) is 9.18 Å². The number of methoxy groups -OCH3 is 1. The van der Waals surface area contributed by atoms with E-state index in [9.17, 15) is 14.0 Å². The summed E-state index contributed by atoms with van der Waals surface area (Å²) in [5.74, 6) is -0.306. The molecule has 2 heterocycles. The Hall–Kier alpha value is -3.88. The van der Waals surface area contributed by atoms with Gasteiger partial charge in [-0.25, -0.2) is 9.18 Å². The topological polar surface area (TPSA) is 102 Å². The number of primary amides is 1. The fourth-order valence-corrected chi connectivity index (χ4v) is 3.81. The maximum absolute atomic E-state index is 13.7. The lowest BCUT2D eigenvalue weighted by atomic mass is 10.0. The second-order valence-electron chi connectivity index (χ2n) is 7.52. The minimum atomic E-state index is -0.660. The molecule has 1 aliphatic heterocycles. The van der Waals surface area contributed by atoms with Crippen LogP contribution >= 0.6 is 0 Å². The van der Waals surface area contributed by atoms with Crippen LogP contribution in [0.3, 0.4) is 0 Å². The fraction of sp³-hybridized carbons (Fsp3) is 0.261. The van der Waals surface area contributed by atoms with E-state index in [2.05, 4.69) is 10.4 Å². The predicted octanol–water partition coefficient (Wildman–Crippen LogP) is 2.56. The SMILES string of the molecule is COc1ccc(CCNC(=O)N2CCn3nc(-c4cccc(F)c4)c(C(N)=O)c3C2)cc1. The molecule has 0 atom stereocenters. The lowest BCUT2D eigenvalue weighted by Crippen LogP contribution is -2.45. The van der Waals surface area contributed by atoms with Crippen LogP contribution in [0.25, 0.3) is 11.3 Å². The molecule has 0 saturated carbocycles. The minimum Gasteiger partial charge on any atom is -0.497 e. The third-order valence-corrected chi connectivity index (χ3v) is 5.46. The highest BCUT2D eigenvalue weighted by atomic mass is 19.1. The number of ether oxygens (including phenoxy) is 1. The molecule has 0 aliphatic carbocycles. The third-order valence-electron chi connectivity index (χ3n) is 5.46. The molecule has 4 rings (SSSR count). The quantitative estimate of drug-likeness (QED) is 0.619. The number of carbonyl (C=O) groups excluding carboxylic acids is 2. The van der Waals surface area contributed by atoms with Crippen LogP contribution in [-0.4, -0.2) is 46.8 Å². The number of fused-ring (bicyclic) bond motifs is 1. The van der Waals surface area contributed by atoms with Gasteiger partial charge in [-0.3, -0.25) is 9.48 Å². The lowest BCUT2D eigenvalue weighted by Gasteiger charge is -2.28. The number of benzene rings is 2. The predicted molar refractivity (Wildman–Crippen MR) is 117 cm³/mol. The summed E-state index contributed by atoms with van der Waals surface area (Å²) in [6.07, 6.45) is 0.678. The summed E-state index contributed by atoms with van der Waals surface area (Å²) in [4.78, 5) is 26.5. The van der Waals surface area contributed by atoms with Crippen molar-refractivity contribution in [2.45, 2.75) is 19.5 Å². The molecule has 0 fully saturated rings. The number of aromatic nitrogens is 2. The number of nitrogens with two attached hydrogens (primary N) is 1. The van der Waals surface area contributed by atoms with Gasteiger partial charge in [-0.1, -0.05) is 24.3 Å². The number of amides is 3. The Morgan fingerprint density at radius 1 is 1.19 bits per heavy atom. The normalized spacial score (nSPS) is 12.9. The molecule has 3 N–H and O–H groups in total. The van der Waals surface area contributed by atoms with Gasteiger partial charge in [0.05, 0.1) is 31.5 Å². The van der Waals surface area contributed by atoms with Gasteiger partial charge in [-0.05, 0) is 36.2 Å². The van der Waals surface area contributed by atoms with E-state index in [1.54, 1.807) is 28.8 Å². The largest absolute Gasteiger partial charge is 0.497 e. The van der Waals surface area contributed by atoms with E-state index >= 15 is 0 Å². The van der Waals surface area contributed by atoms with Gasteiger partial charge < -0.3 is 20.7 Å². The molecule has 3 aromatic rings. The van der Waals surface area contributed by atoms with Crippen LogP contribution in [0.15, 0.2) is 48.5 Å². The van der Waals surface area contributed by atoms with Crippen molar-refractivity contribution in [3.8, 4) is 17.0 Å². The Labute approximate surface area is 184 Å². The maximum Gasteiger partial charge on any atom is 0.317 e. The molecular weight excluding hydrogens is 413 g/mol. The van der Waals surface area contributed by atoms with E-state index in [1.807, 2.05) is 24.3 Å². The van der Waals surface area contributed by atoms with Gasteiger partial charge in [0.15, 0.2) is 0 Å². The first kappa shape index (κ1) is 21.4. The zero-order chi connectivity index (χ0) is 22.7. The summed E-state index contributed by atoms with van der Waals surface area (Å²) in [7, 11) is 1.62. The Morgan fingerprint density at radius 2 is 1.97 bits per heavy atom. The number of urea groups is 1. The van der Waals surface area contributed by atoms with Gasteiger partial charge in [-0.2, -0.15) is 5.10 Å². The molecule has 1 aromatic heterocycles. The third kappa shape index (κ3) is 4.41. The standard InChI is InChI=1S/C23H24FN5O3/c1-32-18-7-5-15(6-8-18)9-10-26-23(31)28-11-12-29-19(14-28)20(22(25)30)21(27-29)16-3-2-4-17(24)13-16/h2-8,13H,9-12,14H2,1H3,(H2,25,30)(H,26,31). The molecule has 0 saturated heterocycles. The van der Waals surface area contributed by atoms with Crippen LogP contribution in [0.5, 0.6) is 5.75 Å². The first-order valence-electron chi connectivity index (χ1n) is 10.3. The Morgan fingerprint density at radius 3 is 2.66 bits per heavy atom. The molecule has 0 spiro atoms. The van der Waals surface area contributed by atoms with Crippen molar-refractivity contribution in [3.63, 3.8) is 0 Å². The second-order valence-corrected chi connectivity index (χ2v) is 7.52. The van der Waals surface area contributed by atoms with E-state index in [4.69, 9.17) is 10.5 Å². The molecule has 3 amide bonds. The van der Waals surface area contributed by atoms with Gasteiger partial charge in [0.25, 0.3) is 5.91 Å². The van der Waals surface area contributed by atoms with Crippen LogP contribution in [0, 0.1) is 5.82 Å². The molecule has 0 radical (unpaired) electrons. The van der Waals surface area contributed by atoms with Gasteiger partial charge in [0.2, 0.25) is 0 Å². The first-order chi connectivity index (χ1) is 15.5. The van der Waals surface area contributed by atoms with Gasteiger partial charge >= 0.3 is 6.03 Å². The van der Waals surface area contributed by atoms with Crippen molar-refractivity contribution in [2.75, 3.05) is 20.2 Å². The van der Waals surface area contributed by atoms with Crippen LogP contribution in [0.2, 0.25) is 0 Å². The average Bonchev–Trinajstić information content (AvgIpc) is 3.18. The molecule has 32 heavy (non-hydrogen) atoms. The van der Waals surface area contributed by atoms with Crippen molar-refractivity contribution in [1.29, 1.82) is 0 Å². The molecule has 166 valence electrons. The van der Waals surface area contributed by atoms with Crippen LogP contribution < -0.4 is 15.8 Å². The smallest absolute Gasteiger partial charge is 0.317 e. The maximum atomic E-state index is 13.7. The highest BCUT2D eigenvalue weighted by Gasteiger charge is 2.29. The van der Waals surface area contributed by atoms with E-state index in [-0.39, 0.29) is 18.1 Å². The highest BCUT2D eigenvalue weighted by molar-refractivity contribution is 6.00. The summed E-state index contributed by atoms with van der Waals surface area (Å²) >= 11 is 0. The fourth-order valence-electron chi connectivity index (χ4n) is 3.81. The van der Waals surface area contributed by atoms with E-state index in [0.29, 0.717) is 43.0 Å². The monoisotopic (exact) mass is 437 g/mol. The molecular formula is C23H24FN5O3. The zero-order valence-corrected chi connectivity index (χ0v) is 17.7. The Bertz CT molecular complexity index is 1140. The second kappa shape index (κ2) is 9.09. The van der Waals surface area contributed by atoms with Crippen molar-refractivity contribution in [2.24, 2.45) is 5.73 Å². The minimum absolute atomic E-state index is 0.189. The number of hydrogen-bond acceptors (Lipinski definition) is 4. The van der Waals surface area contributed by atoms with Crippen LogP contribution in [-0.2, 0) is 19.5 Å². The van der Waals surface area contributed by atoms with E-state index in [0.717, 1.165) is 11.3 Å². The zero-order valence-electron chi connectivity index (χ0n) is 17.7. The Kier molecular flexibility index (Phi) is 6.07. The summed E-state index contributed by atoms with van der Waals surface area (Å²) in [6.45, 7) is 1.51. The van der Waals surface area contributed by atoms with E-state index in [1.165, 1.54) is 12.1 Å². The number of halogens is 1. The van der Waals surface area contributed by atoms with Crippen LogP contribution in [0.1, 0.15) is 21.6 Å². The van der Waals surface area contributed by atoms with Gasteiger partial charge in [0, 0.05) is 18.7 Å². The average molecular weight is 437 g/mol. The van der Waals surface area contributed by atoms with Crippen molar-refractivity contribution < 1.29 is 18.7 Å². The number of rotatable bonds is 6. The van der Waals surface area contributed by atoms with Crippen molar-refractivity contribution in [1.82, 2.24) is 20.0 Å². The number of nitrogens with zero attached hydrogens (tertiary/aromatic N) is 3. The molecule has 9 heteroatoms. The highest BCUT2D eigenvalue weighted by Crippen LogP contribution is 2.28. The molecule has 0 bridgehead atoms. The number of hydrogen-bond donors (Lipinski definition) is 2. The number of nitrogens with one attached hydrogen (secondary N) is 1. The molecule has 0 unspecified atom stereocenters. The molecule has 2 aromatic carbocycles. The lowest BCUT2D eigenvalue weighted by molar-refractivity contribution is 0.0997. The summed E-state index contributed by atoms with van der Waals surface area (Å²) in [5.41, 5.74) is 8.27. The molecule has 1 aliphatic rings. The summed E-state index contributed by atoms with van der Waals surface area (Å²) in [5, 5.41) is 7.39.